The third-order valence-corrected chi connectivity index (χ3v) is 10.1. The molecule has 0 amide bonds. The molecule has 0 saturated carbocycles. The van der Waals surface area contributed by atoms with Crippen LogP contribution in [-0.4, -0.2) is 23.8 Å². The summed E-state index contributed by atoms with van der Waals surface area (Å²) >= 11 is 0. The van der Waals surface area contributed by atoms with Gasteiger partial charge in [-0.15, -0.1) is 6.58 Å². The average Bonchev–Trinajstić information content (AvgIpc) is 2.16. The van der Waals surface area contributed by atoms with Crippen molar-refractivity contribution in [2.45, 2.75) is 31.2 Å². The first kappa shape index (κ1) is 13.4. The van der Waals surface area contributed by atoms with E-state index in [1.807, 2.05) is 6.08 Å². The fourth-order valence-corrected chi connectivity index (χ4v) is 8.58. The second kappa shape index (κ2) is 7.76. The van der Waals surface area contributed by atoms with E-state index < -0.39 is 17.8 Å². The van der Waals surface area contributed by atoms with Crippen molar-refractivity contribution >= 4 is 23.8 Å². The minimum absolute atomic E-state index is 0.247. The number of carbonyl (C=O) groups excluding carboxylic acids is 1. The maximum absolute atomic E-state index is 11.0. The third kappa shape index (κ3) is 5.93. The monoisotopic (exact) mass is 228 g/mol. The Balaban J connectivity index is 3.94. The van der Waals surface area contributed by atoms with E-state index in [1.165, 1.54) is 11.7 Å². The van der Waals surface area contributed by atoms with Gasteiger partial charge < -0.3 is 4.43 Å². The molecule has 0 fully saturated rings. The van der Waals surface area contributed by atoms with Crippen molar-refractivity contribution in [2.24, 2.45) is 0 Å². The van der Waals surface area contributed by atoms with Crippen molar-refractivity contribution in [3.05, 3.63) is 25.3 Å². The van der Waals surface area contributed by atoms with E-state index in [1.54, 1.807) is 0 Å². The van der Waals surface area contributed by atoms with E-state index in [2.05, 4.69) is 26.6 Å². The van der Waals surface area contributed by atoms with Gasteiger partial charge in [0.1, 0.15) is 0 Å². The number of allylic oxidation sites excluding steroid dienone is 1. The minimum atomic E-state index is -1.28. The molecular weight excluding hydrogens is 208 g/mol. The third-order valence-electron chi connectivity index (χ3n) is 2.14. The summed E-state index contributed by atoms with van der Waals surface area (Å²) in [5, 5.41) is 0. The molecule has 2 atom stereocenters. The lowest BCUT2D eigenvalue weighted by Crippen LogP contribution is -2.26. The van der Waals surface area contributed by atoms with E-state index in [0.717, 1.165) is 12.1 Å². The second-order valence-corrected chi connectivity index (χ2v) is 10.4. The molecule has 4 heteroatoms. The first-order valence-electron chi connectivity index (χ1n) is 5.07. The van der Waals surface area contributed by atoms with Gasteiger partial charge >= 0.3 is 5.97 Å². The van der Waals surface area contributed by atoms with E-state index in [-0.39, 0.29) is 5.97 Å². The van der Waals surface area contributed by atoms with Crippen molar-refractivity contribution in [3.63, 3.8) is 0 Å². The number of hydrogen-bond donors (Lipinski definition) is 0. The number of hydrogen-bond acceptors (Lipinski definition) is 2. The Kier molecular flexibility index (Phi) is 7.42. The summed E-state index contributed by atoms with van der Waals surface area (Å²) in [5.41, 5.74) is 1.17. The first-order chi connectivity index (χ1) is 6.63. The molecule has 2 unspecified atom stereocenters. The van der Waals surface area contributed by atoms with Gasteiger partial charge in [-0.05, 0) is 17.8 Å². The fraction of sp³-hybridized carbons (Fsp3) is 0.500. The Bertz CT molecular complexity index is 204. The van der Waals surface area contributed by atoms with Crippen LogP contribution < -0.4 is 0 Å². The van der Waals surface area contributed by atoms with Crippen LogP contribution in [0.1, 0.15) is 6.92 Å². The van der Waals surface area contributed by atoms with Crippen LogP contribution in [0.2, 0.25) is 24.3 Å². The molecule has 0 aromatic heterocycles. The van der Waals surface area contributed by atoms with Gasteiger partial charge in [0.15, 0.2) is 0 Å². The normalized spacial score (nSPS) is 14.1. The van der Waals surface area contributed by atoms with Gasteiger partial charge in [-0.3, -0.25) is 0 Å². The molecule has 0 aliphatic carbocycles. The predicted octanol–water partition coefficient (Wildman–Crippen LogP) is 2.04. The van der Waals surface area contributed by atoms with Crippen LogP contribution in [-0.2, 0) is 9.22 Å². The molecule has 0 aromatic carbocycles. The minimum Gasteiger partial charge on any atom is -0.519 e. The van der Waals surface area contributed by atoms with E-state index >= 15 is 0 Å². The molecule has 0 N–H and O–H groups in total. The molecule has 0 heterocycles. The van der Waals surface area contributed by atoms with Gasteiger partial charge in [-0.25, -0.2) is 4.79 Å². The SMILES string of the molecule is C=CC[SiH](C)C[SiH](CC)OC(=O)C=C. The van der Waals surface area contributed by atoms with Crippen molar-refractivity contribution < 1.29 is 9.22 Å². The Morgan fingerprint density at radius 2 is 2.14 bits per heavy atom. The maximum Gasteiger partial charge on any atom is 0.316 e. The van der Waals surface area contributed by atoms with Crippen LogP contribution >= 0.6 is 0 Å². The highest BCUT2D eigenvalue weighted by atomic mass is 28.3. The zero-order valence-corrected chi connectivity index (χ0v) is 11.5. The van der Waals surface area contributed by atoms with Crippen molar-refractivity contribution in [1.82, 2.24) is 0 Å². The van der Waals surface area contributed by atoms with Crippen molar-refractivity contribution in [1.29, 1.82) is 0 Å². The zero-order chi connectivity index (χ0) is 11.0. The fourth-order valence-electron chi connectivity index (χ4n) is 1.34. The zero-order valence-electron chi connectivity index (χ0n) is 9.16. The van der Waals surface area contributed by atoms with Gasteiger partial charge in [0.2, 0.25) is 9.04 Å². The quantitative estimate of drug-likeness (QED) is 0.379. The molecule has 0 radical (unpaired) electrons. The van der Waals surface area contributed by atoms with Gasteiger partial charge in [0, 0.05) is 14.9 Å². The standard InChI is InChI=1S/C10H20O2Si2/c1-5-8-13(4)9-14(7-3)12-10(11)6-2/h5-6,13-14H,1-2,7-9H2,3-4H3. The topological polar surface area (TPSA) is 26.3 Å². The highest BCUT2D eigenvalue weighted by Gasteiger charge is 2.17. The summed E-state index contributed by atoms with van der Waals surface area (Å²) in [7, 11) is -2.00. The molecular formula is C10H20O2Si2. The first-order valence-corrected chi connectivity index (χ1v) is 9.97. The summed E-state index contributed by atoms with van der Waals surface area (Å²) in [6, 6.07) is 2.16. The van der Waals surface area contributed by atoms with Gasteiger partial charge in [0.25, 0.3) is 0 Å². The highest BCUT2D eigenvalue weighted by molar-refractivity contribution is 6.74. The summed E-state index contributed by atoms with van der Waals surface area (Å²) in [5.74, 6) is -0.247. The summed E-state index contributed by atoms with van der Waals surface area (Å²) in [6.07, 6.45) is 3.24. The van der Waals surface area contributed by atoms with Crippen LogP contribution in [0.15, 0.2) is 25.3 Å². The molecule has 0 aliphatic rings. The molecule has 80 valence electrons. The Morgan fingerprint density at radius 3 is 2.57 bits per heavy atom. The summed E-state index contributed by atoms with van der Waals surface area (Å²) in [4.78, 5) is 11.0. The number of carbonyl (C=O) groups is 1. The van der Waals surface area contributed by atoms with Gasteiger partial charge in [-0.2, -0.15) is 0 Å². The Hall–Kier alpha value is -0.616. The molecule has 0 bridgehead atoms. The van der Waals surface area contributed by atoms with E-state index in [0.29, 0.717) is 0 Å². The Labute approximate surface area is 90.0 Å². The van der Waals surface area contributed by atoms with Crippen LogP contribution in [0.25, 0.3) is 0 Å². The van der Waals surface area contributed by atoms with Crippen LogP contribution in [0.5, 0.6) is 0 Å². The van der Waals surface area contributed by atoms with Gasteiger partial charge in [-0.1, -0.05) is 26.1 Å². The molecule has 0 rings (SSSR count). The van der Waals surface area contributed by atoms with E-state index in [4.69, 9.17) is 4.43 Å². The summed E-state index contributed by atoms with van der Waals surface area (Å²) < 4.78 is 5.35. The molecule has 0 saturated heterocycles. The van der Waals surface area contributed by atoms with Crippen LogP contribution in [0.4, 0.5) is 0 Å². The van der Waals surface area contributed by atoms with E-state index in [9.17, 15) is 4.79 Å². The molecule has 14 heavy (non-hydrogen) atoms. The Morgan fingerprint density at radius 1 is 1.50 bits per heavy atom. The largest absolute Gasteiger partial charge is 0.519 e. The maximum atomic E-state index is 11.0. The lowest BCUT2D eigenvalue weighted by atomic mass is 10.7. The molecule has 2 nitrogen and oxygen atoms in total. The number of rotatable bonds is 7. The lowest BCUT2D eigenvalue weighted by molar-refractivity contribution is -0.129. The van der Waals surface area contributed by atoms with Gasteiger partial charge in [0.05, 0.1) is 0 Å². The van der Waals surface area contributed by atoms with Crippen LogP contribution in [0, 0.1) is 0 Å². The predicted molar refractivity (Wildman–Crippen MR) is 66.7 cm³/mol. The summed E-state index contributed by atoms with van der Waals surface area (Å²) in [6.45, 7) is 11.5. The smallest absolute Gasteiger partial charge is 0.316 e. The molecule has 0 aliphatic heterocycles. The van der Waals surface area contributed by atoms with Crippen molar-refractivity contribution in [2.75, 3.05) is 0 Å². The average molecular weight is 228 g/mol. The highest BCUT2D eigenvalue weighted by Crippen LogP contribution is 2.08. The van der Waals surface area contributed by atoms with Crippen LogP contribution in [0.3, 0.4) is 0 Å². The molecule has 0 aromatic rings. The lowest BCUT2D eigenvalue weighted by Gasteiger charge is -2.16. The van der Waals surface area contributed by atoms with Crippen molar-refractivity contribution in [3.8, 4) is 0 Å². The second-order valence-electron chi connectivity index (χ2n) is 3.54. The molecule has 0 spiro atoms.